The molecule has 0 bridgehead atoms. The average molecular weight is 310 g/mol. The van der Waals surface area contributed by atoms with Crippen LogP contribution in [-0.4, -0.2) is 12.6 Å². The Hall–Kier alpha value is -2.09. The van der Waals surface area contributed by atoms with Crippen molar-refractivity contribution >= 4 is 16.7 Å². The predicted octanol–water partition coefficient (Wildman–Crippen LogP) is 5.91. The summed E-state index contributed by atoms with van der Waals surface area (Å²) >= 11 is 0. The molecule has 0 amide bonds. The van der Waals surface area contributed by atoms with Crippen LogP contribution in [-0.2, 0) is 4.74 Å². The second-order valence-electron chi connectivity index (χ2n) is 5.86. The second kappa shape index (κ2) is 9.83. The van der Waals surface area contributed by atoms with Gasteiger partial charge in [0.05, 0.1) is 12.2 Å². The van der Waals surface area contributed by atoms with Crippen molar-refractivity contribution in [2.24, 2.45) is 0 Å². The molecule has 0 saturated carbocycles. The second-order valence-corrected chi connectivity index (χ2v) is 5.86. The van der Waals surface area contributed by atoms with E-state index in [-0.39, 0.29) is 5.97 Å². The van der Waals surface area contributed by atoms with Gasteiger partial charge < -0.3 is 4.74 Å². The number of carbonyl (C=O) groups excluding carboxylic acids is 1. The SMILES string of the molecule is C=CCCCCCCCCOC(=O)c1cccc2ccccc12. The third kappa shape index (κ3) is 5.55. The minimum absolute atomic E-state index is 0.215. The van der Waals surface area contributed by atoms with E-state index in [0.29, 0.717) is 12.2 Å². The van der Waals surface area contributed by atoms with Crippen LogP contribution in [0.15, 0.2) is 55.1 Å². The molecule has 2 rings (SSSR count). The number of hydrogen-bond donors (Lipinski definition) is 0. The van der Waals surface area contributed by atoms with Crippen molar-refractivity contribution in [3.8, 4) is 0 Å². The Morgan fingerprint density at radius 2 is 1.61 bits per heavy atom. The lowest BCUT2D eigenvalue weighted by molar-refractivity contribution is 0.0500. The standard InChI is InChI=1S/C21H26O2/c1-2-3-4-5-6-7-8-11-17-23-21(22)20-16-12-14-18-13-9-10-15-19(18)20/h2,9-10,12-16H,1,3-8,11,17H2. The van der Waals surface area contributed by atoms with Crippen LogP contribution in [0.1, 0.15) is 55.3 Å². The van der Waals surface area contributed by atoms with E-state index in [1.165, 1.54) is 25.7 Å². The number of hydrogen-bond acceptors (Lipinski definition) is 2. The molecule has 0 spiro atoms. The molecule has 2 nitrogen and oxygen atoms in total. The number of unbranched alkanes of at least 4 members (excludes halogenated alkanes) is 6. The van der Waals surface area contributed by atoms with Gasteiger partial charge in [-0.1, -0.05) is 68.2 Å². The maximum atomic E-state index is 12.2. The highest BCUT2D eigenvalue weighted by molar-refractivity contribution is 6.04. The Labute approximate surface area is 139 Å². The van der Waals surface area contributed by atoms with E-state index in [9.17, 15) is 4.79 Å². The summed E-state index contributed by atoms with van der Waals surface area (Å²) in [4.78, 5) is 12.2. The molecule has 2 aromatic carbocycles. The number of esters is 1. The van der Waals surface area contributed by atoms with Gasteiger partial charge >= 0.3 is 5.97 Å². The molecule has 2 heteroatoms. The smallest absolute Gasteiger partial charge is 0.338 e. The summed E-state index contributed by atoms with van der Waals surface area (Å²) in [7, 11) is 0. The van der Waals surface area contributed by atoms with Gasteiger partial charge in [0.2, 0.25) is 0 Å². The summed E-state index contributed by atoms with van der Waals surface area (Å²) in [5, 5.41) is 2.03. The van der Waals surface area contributed by atoms with Crippen molar-refractivity contribution in [3.63, 3.8) is 0 Å². The van der Waals surface area contributed by atoms with Crippen LogP contribution >= 0.6 is 0 Å². The van der Waals surface area contributed by atoms with Gasteiger partial charge in [-0.3, -0.25) is 0 Å². The summed E-state index contributed by atoms with van der Waals surface area (Å²) in [6.07, 6.45) is 10.1. The largest absolute Gasteiger partial charge is 0.462 e. The minimum Gasteiger partial charge on any atom is -0.462 e. The van der Waals surface area contributed by atoms with Gasteiger partial charge in [0.1, 0.15) is 0 Å². The first-order valence-corrected chi connectivity index (χ1v) is 8.58. The fraction of sp³-hybridized carbons (Fsp3) is 0.381. The Morgan fingerprint density at radius 1 is 0.913 bits per heavy atom. The zero-order valence-corrected chi connectivity index (χ0v) is 13.8. The molecule has 122 valence electrons. The van der Waals surface area contributed by atoms with Crippen molar-refractivity contribution in [2.75, 3.05) is 6.61 Å². The van der Waals surface area contributed by atoms with Crippen LogP contribution < -0.4 is 0 Å². The van der Waals surface area contributed by atoms with Gasteiger partial charge in [0, 0.05) is 0 Å². The quantitative estimate of drug-likeness (QED) is 0.309. The Balaban J connectivity index is 1.70. The number of ether oxygens (including phenoxy) is 1. The van der Waals surface area contributed by atoms with Gasteiger partial charge in [0.15, 0.2) is 0 Å². The van der Waals surface area contributed by atoms with Gasteiger partial charge in [-0.2, -0.15) is 0 Å². The molecule has 0 fully saturated rings. The number of allylic oxidation sites excluding steroid dienone is 1. The van der Waals surface area contributed by atoms with Crippen molar-refractivity contribution in [1.82, 2.24) is 0 Å². The van der Waals surface area contributed by atoms with Crippen LogP contribution in [0, 0.1) is 0 Å². The minimum atomic E-state index is -0.215. The van der Waals surface area contributed by atoms with Crippen LogP contribution in [0.25, 0.3) is 10.8 Å². The molecule has 0 aliphatic rings. The molecule has 0 unspecified atom stereocenters. The third-order valence-corrected chi connectivity index (χ3v) is 4.05. The fourth-order valence-electron chi connectivity index (χ4n) is 2.74. The van der Waals surface area contributed by atoms with Crippen molar-refractivity contribution in [3.05, 3.63) is 60.7 Å². The first kappa shape index (κ1) is 17.3. The molecule has 2 aromatic rings. The number of carbonyl (C=O) groups is 1. The van der Waals surface area contributed by atoms with E-state index < -0.39 is 0 Å². The predicted molar refractivity (Wildman–Crippen MR) is 96.7 cm³/mol. The lowest BCUT2D eigenvalue weighted by Gasteiger charge is -2.07. The van der Waals surface area contributed by atoms with Gasteiger partial charge in [-0.15, -0.1) is 6.58 Å². The Morgan fingerprint density at radius 3 is 2.43 bits per heavy atom. The average Bonchev–Trinajstić information content (AvgIpc) is 2.59. The van der Waals surface area contributed by atoms with E-state index in [0.717, 1.165) is 30.0 Å². The van der Waals surface area contributed by atoms with Crippen molar-refractivity contribution < 1.29 is 9.53 Å². The summed E-state index contributed by atoms with van der Waals surface area (Å²) in [6, 6.07) is 13.7. The lowest BCUT2D eigenvalue weighted by atomic mass is 10.0. The fourth-order valence-corrected chi connectivity index (χ4v) is 2.74. The molecule has 23 heavy (non-hydrogen) atoms. The number of benzene rings is 2. The van der Waals surface area contributed by atoms with E-state index >= 15 is 0 Å². The van der Waals surface area contributed by atoms with Crippen LogP contribution in [0.2, 0.25) is 0 Å². The van der Waals surface area contributed by atoms with Crippen LogP contribution in [0.3, 0.4) is 0 Å². The highest BCUT2D eigenvalue weighted by atomic mass is 16.5. The molecule has 0 aromatic heterocycles. The van der Waals surface area contributed by atoms with Crippen LogP contribution in [0.5, 0.6) is 0 Å². The summed E-state index contributed by atoms with van der Waals surface area (Å²) in [5.41, 5.74) is 0.660. The van der Waals surface area contributed by atoms with E-state index in [1.54, 1.807) is 0 Å². The number of rotatable bonds is 10. The van der Waals surface area contributed by atoms with Crippen molar-refractivity contribution in [1.29, 1.82) is 0 Å². The van der Waals surface area contributed by atoms with Crippen molar-refractivity contribution in [2.45, 2.75) is 44.9 Å². The number of fused-ring (bicyclic) bond motifs is 1. The molecule has 0 heterocycles. The molecular weight excluding hydrogens is 284 g/mol. The normalized spacial score (nSPS) is 10.6. The summed E-state index contributed by atoms with van der Waals surface area (Å²) in [6.45, 7) is 4.24. The monoisotopic (exact) mass is 310 g/mol. The van der Waals surface area contributed by atoms with Crippen LogP contribution in [0.4, 0.5) is 0 Å². The van der Waals surface area contributed by atoms with E-state index in [4.69, 9.17) is 4.74 Å². The van der Waals surface area contributed by atoms with Gasteiger partial charge in [-0.25, -0.2) is 4.79 Å². The molecule has 0 N–H and O–H groups in total. The third-order valence-electron chi connectivity index (χ3n) is 4.05. The highest BCUT2D eigenvalue weighted by Gasteiger charge is 2.10. The van der Waals surface area contributed by atoms with Gasteiger partial charge in [-0.05, 0) is 36.1 Å². The zero-order chi connectivity index (χ0) is 16.3. The highest BCUT2D eigenvalue weighted by Crippen LogP contribution is 2.19. The maximum Gasteiger partial charge on any atom is 0.338 e. The Kier molecular flexibility index (Phi) is 7.38. The Bertz CT molecular complexity index is 625. The summed E-state index contributed by atoms with van der Waals surface area (Å²) < 4.78 is 5.43. The van der Waals surface area contributed by atoms with Gasteiger partial charge in [0.25, 0.3) is 0 Å². The molecule has 0 aliphatic carbocycles. The topological polar surface area (TPSA) is 26.3 Å². The maximum absolute atomic E-state index is 12.2. The first-order valence-electron chi connectivity index (χ1n) is 8.58. The van der Waals surface area contributed by atoms with E-state index in [1.807, 2.05) is 48.5 Å². The molecule has 0 radical (unpaired) electrons. The molecule has 0 atom stereocenters. The summed E-state index contributed by atoms with van der Waals surface area (Å²) in [5.74, 6) is -0.215. The van der Waals surface area contributed by atoms with E-state index in [2.05, 4.69) is 6.58 Å². The molecule has 0 aliphatic heterocycles. The lowest BCUT2D eigenvalue weighted by Crippen LogP contribution is -2.07. The zero-order valence-electron chi connectivity index (χ0n) is 13.8. The molecule has 0 saturated heterocycles. The molecular formula is C21H26O2. The first-order chi connectivity index (χ1) is 11.3.